The molecule has 0 aromatic heterocycles. The lowest BCUT2D eigenvalue weighted by atomic mass is 10.0. The number of amides is 1. The summed E-state index contributed by atoms with van der Waals surface area (Å²) < 4.78 is 0. The molecule has 0 aliphatic carbocycles. The van der Waals surface area contributed by atoms with Crippen LogP contribution in [0.15, 0.2) is 36.4 Å². The van der Waals surface area contributed by atoms with Gasteiger partial charge in [0.25, 0.3) is 5.91 Å². The van der Waals surface area contributed by atoms with Crippen molar-refractivity contribution in [1.82, 2.24) is 0 Å². The second-order valence-corrected chi connectivity index (χ2v) is 5.62. The highest BCUT2D eigenvalue weighted by Crippen LogP contribution is 2.25. The Hall–Kier alpha value is -2.00. The molecule has 1 heterocycles. The average molecular weight is 317 g/mol. The van der Waals surface area contributed by atoms with Gasteiger partial charge in [-0.05, 0) is 61.6 Å². The van der Waals surface area contributed by atoms with E-state index in [9.17, 15) is 4.79 Å². The molecule has 0 bridgehead atoms. The highest BCUT2D eigenvalue weighted by molar-refractivity contribution is 6.06. The first-order valence-corrected chi connectivity index (χ1v) is 7.39. The van der Waals surface area contributed by atoms with Crippen molar-refractivity contribution in [3.63, 3.8) is 0 Å². The summed E-state index contributed by atoms with van der Waals surface area (Å²) in [6, 6.07) is 12.0. The van der Waals surface area contributed by atoms with Gasteiger partial charge in [-0.2, -0.15) is 0 Å². The van der Waals surface area contributed by atoms with Crippen LogP contribution in [0.3, 0.4) is 0 Å². The van der Waals surface area contributed by atoms with Crippen LogP contribution in [0.25, 0.3) is 0 Å². The predicted molar refractivity (Wildman–Crippen MR) is 94.4 cm³/mol. The van der Waals surface area contributed by atoms with Gasteiger partial charge in [0.1, 0.15) is 0 Å². The minimum absolute atomic E-state index is 0. The first-order valence-electron chi connectivity index (χ1n) is 7.39. The van der Waals surface area contributed by atoms with Gasteiger partial charge in [-0.1, -0.05) is 18.2 Å². The summed E-state index contributed by atoms with van der Waals surface area (Å²) in [5.74, 6) is -0.0330. The van der Waals surface area contributed by atoms with Crippen molar-refractivity contribution in [1.29, 1.82) is 0 Å². The highest BCUT2D eigenvalue weighted by Gasteiger charge is 2.14. The Labute approximate surface area is 137 Å². The number of nitrogens with one attached hydrogen (secondary N) is 2. The van der Waals surface area contributed by atoms with Crippen LogP contribution in [0.2, 0.25) is 0 Å². The van der Waals surface area contributed by atoms with E-state index in [1.165, 1.54) is 11.3 Å². The van der Waals surface area contributed by atoms with Crippen LogP contribution in [0.1, 0.15) is 33.5 Å². The largest absolute Gasteiger partial charge is 0.385 e. The molecular formula is C18H21ClN2O. The third-order valence-corrected chi connectivity index (χ3v) is 4.01. The van der Waals surface area contributed by atoms with E-state index < -0.39 is 0 Å². The van der Waals surface area contributed by atoms with Gasteiger partial charge in [0, 0.05) is 23.5 Å². The zero-order valence-electron chi connectivity index (χ0n) is 12.9. The third kappa shape index (κ3) is 3.25. The summed E-state index contributed by atoms with van der Waals surface area (Å²) in [5, 5.41) is 6.40. The topological polar surface area (TPSA) is 41.1 Å². The van der Waals surface area contributed by atoms with Crippen LogP contribution in [0.4, 0.5) is 11.4 Å². The lowest BCUT2D eigenvalue weighted by Crippen LogP contribution is -2.16. The number of hydrogen-bond acceptors (Lipinski definition) is 2. The van der Waals surface area contributed by atoms with Gasteiger partial charge < -0.3 is 10.6 Å². The fourth-order valence-corrected chi connectivity index (χ4v) is 2.92. The Morgan fingerprint density at radius 1 is 1.14 bits per heavy atom. The summed E-state index contributed by atoms with van der Waals surface area (Å²) in [6.45, 7) is 4.97. The van der Waals surface area contributed by atoms with Gasteiger partial charge in [0.15, 0.2) is 0 Å². The van der Waals surface area contributed by atoms with E-state index in [2.05, 4.69) is 22.8 Å². The third-order valence-electron chi connectivity index (χ3n) is 4.01. The molecule has 0 fully saturated rings. The van der Waals surface area contributed by atoms with Crippen LogP contribution in [0, 0.1) is 13.8 Å². The van der Waals surface area contributed by atoms with Gasteiger partial charge in [-0.3, -0.25) is 4.79 Å². The molecule has 0 saturated heterocycles. The molecule has 1 amide bonds. The van der Waals surface area contributed by atoms with Crippen molar-refractivity contribution in [2.75, 3.05) is 17.2 Å². The van der Waals surface area contributed by atoms with E-state index in [-0.39, 0.29) is 18.3 Å². The zero-order valence-corrected chi connectivity index (χ0v) is 13.7. The molecule has 1 aliphatic heterocycles. The van der Waals surface area contributed by atoms with Crippen LogP contribution >= 0.6 is 12.4 Å². The standard InChI is InChI=1S/C18H20N2O.ClH/c1-12-5-3-6-13(2)17(12)18(21)20-15-8-9-16-14(11-15)7-4-10-19-16;/h3,5-6,8-9,11,19H,4,7,10H2,1-2H3,(H,20,21);1H. The van der Waals surface area contributed by atoms with Gasteiger partial charge in [-0.25, -0.2) is 0 Å². The molecule has 0 radical (unpaired) electrons. The average Bonchev–Trinajstić information content (AvgIpc) is 2.47. The molecular weight excluding hydrogens is 296 g/mol. The number of fused-ring (bicyclic) bond motifs is 1. The van der Waals surface area contributed by atoms with Crippen molar-refractivity contribution in [2.24, 2.45) is 0 Å². The number of carbonyl (C=O) groups excluding carboxylic acids is 1. The summed E-state index contributed by atoms with van der Waals surface area (Å²) in [5.41, 5.74) is 6.12. The Morgan fingerprint density at radius 3 is 2.59 bits per heavy atom. The molecule has 3 rings (SSSR count). The molecule has 2 aromatic carbocycles. The number of halogens is 1. The van der Waals surface area contributed by atoms with Crippen molar-refractivity contribution < 1.29 is 4.79 Å². The van der Waals surface area contributed by atoms with Gasteiger partial charge in [0.05, 0.1) is 0 Å². The van der Waals surface area contributed by atoms with Crippen LogP contribution < -0.4 is 10.6 Å². The van der Waals surface area contributed by atoms with Crippen LogP contribution in [-0.2, 0) is 6.42 Å². The maximum Gasteiger partial charge on any atom is 0.256 e. The molecule has 22 heavy (non-hydrogen) atoms. The summed E-state index contributed by atoms with van der Waals surface area (Å²) in [7, 11) is 0. The highest BCUT2D eigenvalue weighted by atomic mass is 35.5. The molecule has 1 aliphatic rings. The number of anilines is 2. The Balaban J connectivity index is 0.00000176. The number of rotatable bonds is 2. The number of benzene rings is 2. The van der Waals surface area contributed by atoms with E-state index in [1.54, 1.807) is 0 Å². The Bertz CT molecular complexity index is 677. The summed E-state index contributed by atoms with van der Waals surface area (Å²) in [6.07, 6.45) is 2.21. The molecule has 4 heteroatoms. The van der Waals surface area contributed by atoms with E-state index in [0.29, 0.717) is 0 Å². The summed E-state index contributed by atoms with van der Waals surface area (Å²) >= 11 is 0. The first-order chi connectivity index (χ1) is 10.1. The maximum absolute atomic E-state index is 12.5. The van der Waals surface area contributed by atoms with E-state index in [0.717, 1.165) is 41.8 Å². The van der Waals surface area contributed by atoms with Crippen molar-refractivity contribution in [2.45, 2.75) is 26.7 Å². The fourth-order valence-electron chi connectivity index (χ4n) is 2.92. The lowest BCUT2D eigenvalue weighted by Gasteiger charge is -2.19. The molecule has 0 unspecified atom stereocenters. The fraction of sp³-hybridized carbons (Fsp3) is 0.278. The lowest BCUT2D eigenvalue weighted by molar-refractivity contribution is 0.102. The zero-order chi connectivity index (χ0) is 14.8. The van der Waals surface area contributed by atoms with Crippen molar-refractivity contribution >= 4 is 29.7 Å². The Morgan fingerprint density at radius 2 is 1.86 bits per heavy atom. The predicted octanol–water partition coefficient (Wildman–Crippen LogP) is 4.34. The van der Waals surface area contributed by atoms with E-state index in [4.69, 9.17) is 0 Å². The molecule has 0 saturated carbocycles. The normalized spacial score (nSPS) is 12.6. The van der Waals surface area contributed by atoms with Crippen LogP contribution in [0.5, 0.6) is 0 Å². The maximum atomic E-state index is 12.5. The Kier molecular flexibility index (Phi) is 5.09. The minimum atomic E-state index is -0.0330. The van der Waals surface area contributed by atoms with E-state index in [1.807, 2.05) is 38.1 Å². The first kappa shape index (κ1) is 16.4. The van der Waals surface area contributed by atoms with Crippen molar-refractivity contribution in [3.05, 3.63) is 58.7 Å². The quantitative estimate of drug-likeness (QED) is 0.865. The van der Waals surface area contributed by atoms with Gasteiger partial charge >= 0.3 is 0 Å². The van der Waals surface area contributed by atoms with Gasteiger partial charge in [0.2, 0.25) is 0 Å². The smallest absolute Gasteiger partial charge is 0.256 e. The number of carbonyl (C=O) groups is 1. The minimum Gasteiger partial charge on any atom is -0.385 e. The molecule has 116 valence electrons. The van der Waals surface area contributed by atoms with Crippen molar-refractivity contribution in [3.8, 4) is 0 Å². The van der Waals surface area contributed by atoms with Gasteiger partial charge in [-0.15, -0.1) is 12.4 Å². The molecule has 2 aromatic rings. The second-order valence-electron chi connectivity index (χ2n) is 5.62. The second kappa shape index (κ2) is 6.84. The molecule has 2 N–H and O–H groups in total. The van der Waals surface area contributed by atoms with Crippen LogP contribution in [-0.4, -0.2) is 12.5 Å². The monoisotopic (exact) mass is 316 g/mol. The van der Waals surface area contributed by atoms with E-state index >= 15 is 0 Å². The summed E-state index contributed by atoms with van der Waals surface area (Å²) in [4.78, 5) is 12.5. The molecule has 0 atom stereocenters. The SMILES string of the molecule is Cc1cccc(C)c1C(=O)Nc1ccc2c(c1)CCCN2.Cl. The number of hydrogen-bond donors (Lipinski definition) is 2. The number of aryl methyl sites for hydroxylation is 3. The molecule has 0 spiro atoms. The molecule has 3 nitrogen and oxygen atoms in total.